The van der Waals surface area contributed by atoms with Gasteiger partial charge in [0.2, 0.25) is 0 Å². The van der Waals surface area contributed by atoms with E-state index >= 15 is 0 Å². The first-order valence-corrected chi connectivity index (χ1v) is 5.55. The number of fused-ring (bicyclic) bond motifs is 2. The maximum atomic E-state index is 12.2. The first-order valence-electron chi connectivity index (χ1n) is 5.55. The van der Waals surface area contributed by atoms with Crippen molar-refractivity contribution >= 4 is 23.1 Å². The van der Waals surface area contributed by atoms with Crippen LogP contribution < -0.4 is 0 Å². The van der Waals surface area contributed by atoms with Gasteiger partial charge < -0.3 is 0 Å². The van der Waals surface area contributed by atoms with E-state index in [0.29, 0.717) is 0 Å². The Morgan fingerprint density at radius 2 is 1.83 bits per heavy atom. The molecule has 0 heterocycles. The van der Waals surface area contributed by atoms with Crippen molar-refractivity contribution in [2.75, 3.05) is 0 Å². The van der Waals surface area contributed by atoms with Crippen LogP contribution in [0.4, 0.5) is 0 Å². The zero-order valence-electron chi connectivity index (χ0n) is 9.30. The van der Waals surface area contributed by atoms with Gasteiger partial charge in [-0.25, -0.2) is 0 Å². The standard InChI is InChI=1S/C14H8O4/c15-7-4-5-8-10(6-7)13(17)9-2-1-3-11(16)12(9)14(8)18/h1-3,5-6,12H,4H2. The molecule has 0 spiro atoms. The Labute approximate surface area is 102 Å². The third-order valence-corrected chi connectivity index (χ3v) is 3.27. The lowest BCUT2D eigenvalue weighted by Crippen LogP contribution is -2.38. The Balaban J connectivity index is 2.19. The third-order valence-electron chi connectivity index (χ3n) is 3.27. The van der Waals surface area contributed by atoms with E-state index in [2.05, 4.69) is 0 Å². The molecule has 1 atom stereocenters. The van der Waals surface area contributed by atoms with Gasteiger partial charge in [0.15, 0.2) is 23.1 Å². The minimum Gasteiger partial charge on any atom is -0.294 e. The molecule has 0 saturated heterocycles. The van der Waals surface area contributed by atoms with E-state index in [4.69, 9.17) is 0 Å². The predicted octanol–water partition coefficient (Wildman–Crippen LogP) is 0.645. The minimum absolute atomic E-state index is 0.105. The Kier molecular flexibility index (Phi) is 2.13. The molecule has 0 bridgehead atoms. The van der Waals surface area contributed by atoms with Crippen LogP contribution in [0.25, 0.3) is 0 Å². The fourth-order valence-electron chi connectivity index (χ4n) is 2.41. The number of allylic oxidation sites excluding steroid dienone is 8. The molecule has 0 aromatic rings. The molecular formula is C14H8O4. The summed E-state index contributed by atoms with van der Waals surface area (Å²) in [5, 5.41) is 0. The Morgan fingerprint density at radius 1 is 1.06 bits per heavy atom. The van der Waals surface area contributed by atoms with Crippen LogP contribution in [-0.4, -0.2) is 23.1 Å². The van der Waals surface area contributed by atoms with Crippen LogP contribution in [-0.2, 0) is 19.2 Å². The molecule has 0 aromatic heterocycles. The second kappa shape index (κ2) is 3.57. The number of carbonyl (C=O) groups is 4. The zero-order chi connectivity index (χ0) is 12.9. The van der Waals surface area contributed by atoms with Gasteiger partial charge in [-0.1, -0.05) is 18.2 Å². The van der Waals surface area contributed by atoms with E-state index in [9.17, 15) is 19.2 Å². The molecule has 88 valence electrons. The third kappa shape index (κ3) is 1.32. The highest BCUT2D eigenvalue weighted by Crippen LogP contribution is 2.35. The average Bonchev–Trinajstić information content (AvgIpc) is 2.35. The summed E-state index contributed by atoms with van der Waals surface area (Å²) >= 11 is 0. The minimum atomic E-state index is -1.01. The van der Waals surface area contributed by atoms with Crippen molar-refractivity contribution in [3.05, 3.63) is 47.1 Å². The monoisotopic (exact) mass is 240 g/mol. The number of hydrogen-bond acceptors (Lipinski definition) is 4. The van der Waals surface area contributed by atoms with Crippen molar-refractivity contribution in [2.24, 2.45) is 5.92 Å². The second-order valence-corrected chi connectivity index (χ2v) is 4.36. The molecular weight excluding hydrogens is 232 g/mol. The summed E-state index contributed by atoms with van der Waals surface area (Å²) in [6.07, 6.45) is 6.98. The lowest BCUT2D eigenvalue weighted by Gasteiger charge is -2.27. The van der Waals surface area contributed by atoms with E-state index in [1.807, 2.05) is 0 Å². The number of ketones is 4. The van der Waals surface area contributed by atoms with E-state index in [0.717, 1.165) is 0 Å². The van der Waals surface area contributed by atoms with Gasteiger partial charge in [0.1, 0.15) is 5.92 Å². The van der Waals surface area contributed by atoms with E-state index < -0.39 is 11.7 Å². The highest BCUT2D eigenvalue weighted by molar-refractivity contribution is 6.34. The molecule has 3 aliphatic rings. The molecule has 3 rings (SSSR count). The highest BCUT2D eigenvalue weighted by atomic mass is 16.2. The zero-order valence-corrected chi connectivity index (χ0v) is 9.30. The van der Waals surface area contributed by atoms with Crippen LogP contribution in [0.1, 0.15) is 6.42 Å². The van der Waals surface area contributed by atoms with Gasteiger partial charge in [-0.2, -0.15) is 0 Å². The van der Waals surface area contributed by atoms with Gasteiger partial charge >= 0.3 is 0 Å². The molecule has 0 radical (unpaired) electrons. The molecule has 4 heteroatoms. The number of Topliss-reactive ketones (excluding diaryl/α,β-unsaturated/α-hetero) is 2. The maximum absolute atomic E-state index is 12.2. The first-order chi connectivity index (χ1) is 8.59. The number of hydrogen-bond donors (Lipinski definition) is 0. The summed E-state index contributed by atoms with van der Waals surface area (Å²) < 4.78 is 0. The van der Waals surface area contributed by atoms with Crippen LogP contribution in [0.15, 0.2) is 47.1 Å². The molecule has 0 aromatic carbocycles. The van der Waals surface area contributed by atoms with Crippen LogP contribution in [0.2, 0.25) is 0 Å². The predicted molar refractivity (Wildman–Crippen MR) is 61.5 cm³/mol. The molecule has 1 unspecified atom stereocenters. The Hall–Kier alpha value is -2.36. The molecule has 0 amide bonds. The largest absolute Gasteiger partial charge is 0.294 e. The summed E-state index contributed by atoms with van der Waals surface area (Å²) in [5.74, 6) is -2.36. The lowest BCUT2D eigenvalue weighted by atomic mass is 9.71. The first kappa shape index (κ1) is 10.8. The highest BCUT2D eigenvalue weighted by Gasteiger charge is 2.43. The fourth-order valence-corrected chi connectivity index (χ4v) is 2.41. The van der Waals surface area contributed by atoms with Crippen LogP contribution >= 0.6 is 0 Å². The van der Waals surface area contributed by atoms with Crippen molar-refractivity contribution in [3.63, 3.8) is 0 Å². The average molecular weight is 240 g/mol. The van der Waals surface area contributed by atoms with E-state index in [1.54, 1.807) is 0 Å². The van der Waals surface area contributed by atoms with E-state index in [1.165, 1.54) is 30.4 Å². The normalized spacial score (nSPS) is 26.2. The molecule has 1 fully saturated rings. The summed E-state index contributed by atoms with van der Waals surface area (Å²) in [7, 11) is 0. The topological polar surface area (TPSA) is 68.3 Å². The molecule has 0 N–H and O–H groups in total. The van der Waals surface area contributed by atoms with Crippen molar-refractivity contribution < 1.29 is 19.2 Å². The van der Waals surface area contributed by atoms with Gasteiger partial charge in [0.05, 0.1) is 0 Å². The molecule has 18 heavy (non-hydrogen) atoms. The molecule has 0 aliphatic heterocycles. The lowest BCUT2D eigenvalue weighted by molar-refractivity contribution is -0.129. The van der Waals surface area contributed by atoms with Crippen molar-refractivity contribution in [1.82, 2.24) is 0 Å². The van der Waals surface area contributed by atoms with Gasteiger partial charge in [-0.05, 0) is 12.2 Å². The summed E-state index contributed by atoms with van der Waals surface area (Å²) in [6, 6.07) is 0. The molecule has 1 saturated carbocycles. The Morgan fingerprint density at radius 3 is 2.61 bits per heavy atom. The second-order valence-electron chi connectivity index (χ2n) is 4.36. The summed E-state index contributed by atoms with van der Waals surface area (Å²) in [6.45, 7) is 0. The number of rotatable bonds is 0. The maximum Gasteiger partial charge on any atom is 0.191 e. The smallest absolute Gasteiger partial charge is 0.191 e. The molecule has 4 nitrogen and oxygen atoms in total. The molecule has 3 aliphatic carbocycles. The van der Waals surface area contributed by atoms with Crippen molar-refractivity contribution in [1.29, 1.82) is 0 Å². The Bertz CT molecular complexity index is 641. The SMILES string of the molecule is O=C1C=C2C(=O)C3=CC=CC(=O)C3C(=O)C2=CC1. The number of carbonyl (C=O) groups excluding carboxylic acids is 4. The van der Waals surface area contributed by atoms with Gasteiger partial charge in [0, 0.05) is 23.1 Å². The van der Waals surface area contributed by atoms with Crippen LogP contribution in [0, 0.1) is 5.92 Å². The van der Waals surface area contributed by atoms with Crippen molar-refractivity contribution in [3.8, 4) is 0 Å². The fraction of sp³-hybridized carbons (Fsp3) is 0.143. The van der Waals surface area contributed by atoms with Gasteiger partial charge in [-0.3, -0.25) is 19.2 Å². The quantitative estimate of drug-likeness (QED) is 0.583. The summed E-state index contributed by atoms with van der Waals surface area (Å²) in [5.41, 5.74) is 0.512. The van der Waals surface area contributed by atoms with Crippen molar-refractivity contribution in [2.45, 2.75) is 6.42 Å². The van der Waals surface area contributed by atoms with Gasteiger partial charge in [-0.15, -0.1) is 0 Å². The van der Waals surface area contributed by atoms with Gasteiger partial charge in [0.25, 0.3) is 0 Å². The summed E-state index contributed by atoms with van der Waals surface area (Å²) in [4.78, 5) is 47.4. The van der Waals surface area contributed by atoms with Crippen LogP contribution in [0.3, 0.4) is 0 Å². The van der Waals surface area contributed by atoms with E-state index in [-0.39, 0.29) is 40.5 Å². The van der Waals surface area contributed by atoms with Crippen LogP contribution in [0.5, 0.6) is 0 Å².